The number of hydrogen-bond donors (Lipinski definition) is 1. The van der Waals surface area contributed by atoms with Crippen molar-refractivity contribution in [1.82, 2.24) is 4.98 Å². The lowest BCUT2D eigenvalue weighted by Gasteiger charge is -2.41. The van der Waals surface area contributed by atoms with Gasteiger partial charge < -0.3 is 19.9 Å². The van der Waals surface area contributed by atoms with Crippen molar-refractivity contribution in [2.45, 2.75) is 51.4 Å². The summed E-state index contributed by atoms with van der Waals surface area (Å²) < 4.78 is 17.2. The average molecular weight is 294 g/mol. The van der Waals surface area contributed by atoms with Crippen molar-refractivity contribution in [3.05, 3.63) is 24.0 Å². The van der Waals surface area contributed by atoms with Crippen LogP contribution in [0.2, 0.25) is 0 Å². The molecule has 2 rings (SSSR count). The van der Waals surface area contributed by atoms with E-state index in [2.05, 4.69) is 4.98 Å². The van der Waals surface area contributed by atoms with E-state index in [0.717, 1.165) is 24.2 Å². The van der Waals surface area contributed by atoms with Crippen LogP contribution in [0.3, 0.4) is 0 Å². The summed E-state index contributed by atoms with van der Waals surface area (Å²) in [5, 5.41) is 0. The molecular weight excluding hydrogens is 268 g/mol. The molecule has 0 amide bonds. The molecule has 2 heterocycles. The Morgan fingerprint density at radius 1 is 1.33 bits per heavy atom. The first kappa shape index (κ1) is 16.2. The molecule has 1 unspecified atom stereocenters. The summed E-state index contributed by atoms with van der Waals surface area (Å²) in [6.07, 6.45) is 5.23. The molecular formula is C16H26N2O3. The molecule has 0 bridgehead atoms. The maximum absolute atomic E-state index is 6.51. The van der Waals surface area contributed by atoms with E-state index in [-0.39, 0.29) is 17.7 Å². The number of pyridine rings is 1. The summed E-state index contributed by atoms with van der Waals surface area (Å²) in [5.74, 6) is 0.747. The Balaban J connectivity index is 2.21. The number of hydrogen-bond acceptors (Lipinski definition) is 5. The predicted molar refractivity (Wildman–Crippen MR) is 81.3 cm³/mol. The Kier molecular flexibility index (Phi) is 5.56. The van der Waals surface area contributed by atoms with Crippen molar-refractivity contribution in [1.29, 1.82) is 0 Å². The average Bonchev–Trinajstić information content (AvgIpc) is 2.47. The van der Waals surface area contributed by atoms with Gasteiger partial charge in [-0.15, -0.1) is 0 Å². The Morgan fingerprint density at radius 3 is 2.67 bits per heavy atom. The maximum Gasteiger partial charge on any atom is 0.138 e. The van der Waals surface area contributed by atoms with Gasteiger partial charge in [0.2, 0.25) is 0 Å². The zero-order valence-corrected chi connectivity index (χ0v) is 13.2. The maximum atomic E-state index is 6.51. The number of aromatic nitrogens is 1. The quantitative estimate of drug-likeness (QED) is 0.873. The van der Waals surface area contributed by atoms with Crippen LogP contribution in [-0.2, 0) is 9.47 Å². The van der Waals surface area contributed by atoms with E-state index in [1.165, 1.54) is 0 Å². The summed E-state index contributed by atoms with van der Waals surface area (Å²) in [6.45, 7) is 8.00. The molecule has 0 aliphatic carbocycles. The lowest BCUT2D eigenvalue weighted by molar-refractivity contribution is -0.121. The summed E-state index contributed by atoms with van der Waals surface area (Å²) in [7, 11) is 0. The van der Waals surface area contributed by atoms with Gasteiger partial charge in [-0.3, -0.25) is 4.98 Å². The number of nitrogens with zero attached hydrogens (tertiary/aromatic N) is 1. The molecule has 1 aliphatic rings. The third-order valence-corrected chi connectivity index (χ3v) is 3.80. The summed E-state index contributed by atoms with van der Waals surface area (Å²) in [4.78, 5) is 4.25. The van der Waals surface area contributed by atoms with Gasteiger partial charge in [-0.25, -0.2) is 0 Å². The second-order valence-electron chi connectivity index (χ2n) is 5.71. The molecule has 1 saturated heterocycles. The Labute approximate surface area is 126 Å². The van der Waals surface area contributed by atoms with Gasteiger partial charge in [0.05, 0.1) is 23.9 Å². The molecule has 5 nitrogen and oxygen atoms in total. The molecule has 1 atom stereocenters. The second-order valence-corrected chi connectivity index (χ2v) is 5.71. The fourth-order valence-electron chi connectivity index (χ4n) is 2.80. The van der Waals surface area contributed by atoms with E-state index in [1.54, 1.807) is 12.4 Å². The van der Waals surface area contributed by atoms with Crippen LogP contribution in [0.15, 0.2) is 18.5 Å². The first-order valence-corrected chi connectivity index (χ1v) is 7.66. The van der Waals surface area contributed by atoms with Crippen LogP contribution < -0.4 is 10.5 Å². The molecule has 118 valence electrons. The minimum Gasteiger partial charge on any atom is -0.489 e. The standard InChI is InChI=1S/C16H26N2O3/c1-4-20-16(5-7-19-8-6-16)15(17)13-9-14(11-18-10-13)21-12(2)3/h9-12,15H,4-8,17H2,1-3H3. The lowest BCUT2D eigenvalue weighted by Crippen LogP contribution is -2.48. The van der Waals surface area contributed by atoms with Gasteiger partial charge in [-0.05, 0) is 32.4 Å². The number of nitrogens with two attached hydrogens (primary N) is 1. The summed E-state index contributed by atoms with van der Waals surface area (Å²) in [6, 6.07) is 1.73. The highest BCUT2D eigenvalue weighted by Gasteiger charge is 2.40. The van der Waals surface area contributed by atoms with Crippen molar-refractivity contribution < 1.29 is 14.2 Å². The Bertz CT molecular complexity index is 439. The summed E-state index contributed by atoms with van der Waals surface area (Å²) >= 11 is 0. The topological polar surface area (TPSA) is 66.6 Å². The Morgan fingerprint density at radius 2 is 2.05 bits per heavy atom. The van der Waals surface area contributed by atoms with Crippen LogP contribution >= 0.6 is 0 Å². The van der Waals surface area contributed by atoms with Crippen molar-refractivity contribution in [3.63, 3.8) is 0 Å². The van der Waals surface area contributed by atoms with E-state index >= 15 is 0 Å². The van der Waals surface area contributed by atoms with E-state index in [4.69, 9.17) is 19.9 Å². The lowest BCUT2D eigenvalue weighted by atomic mass is 9.83. The van der Waals surface area contributed by atoms with Crippen LogP contribution in [0.5, 0.6) is 5.75 Å². The van der Waals surface area contributed by atoms with E-state index in [9.17, 15) is 0 Å². The van der Waals surface area contributed by atoms with Gasteiger partial charge in [0.25, 0.3) is 0 Å². The van der Waals surface area contributed by atoms with Gasteiger partial charge in [-0.1, -0.05) is 0 Å². The third kappa shape index (κ3) is 3.93. The second kappa shape index (κ2) is 7.20. The van der Waals surface area contributed by atoms with E-state index < -0.39 is 0 Å². The molecule has 0 saturated carbocycles. The molecule has 0 aromatic carbocycles. The highest BCUT2D eigenvalue weighted by molar-refractivity contribution is 5.28. The van der Waals surface area contributed by atoms with Crippen LogP contribution in [0.1, 0.15) is 45.2 Å². The molecule has 0 radical (unpaired) electrons. The zero-order chi connectivity index (χ0) is 15.3. The predicted octanol–water partition coefficient (Wildman–Crippen LogP) is 2.45. The fourth-order valence-corrected chi connectivity index (χ4v) is 2.80. The molecule has 0 spiro atoms. The summed E-state index contributed by atoms with van der Waals surface area (Å²) in [5.41, 5.74) is 7.09. The molecule has 1 aromatic heterocycles. The van der Waals surface area contributed by atoms with Crippen LogP contribution in [0.25, 0.3) is 0 Å². The van der Waals surface area contributed by atoms with Crippen molar-refractivity contribution in [2.75, 3.05) is 19.8 Å². The van der Waals surface area contributed by atoms with Crippen molar-refractivity contribution in [2.24, 2.45) is 5.73 Å². The largest absolute Gasteiger partial charge is 0.489 e. The van der Waals surface area contributed by atoms with Gasteiger partial charge in [0.15, 0.2) is 0 Å². The van der Waals surface area contributed by atoms with Crippen molar-refractivity contribution >= 4 is 0 Å². The molecule has 2 N–H and O–H groups in total. The number of rotatable bonds is 6. The molecule has 1 aromatic rings. The van der Waals surface area contributed by atoms with Gasteiger partial charge in [0, 0.05) is 38.9 Å². The highest BCUT2D eigenvalue weighted by Crippen LogP contribution is 2.36. The van der Waals surface area contributed by atoms with Gasteiger partial charge in [-0.2, -0.15) is 0 Å². The van der Waals surface area contributed by atoms with E-state index in [1.807, 2.05) is 26.8 Å². The first-order chi connectivity index (χ1) is 10.1. The minimum atomic E-state index is -0.370. The van der Waals surface area contributed by atoms with Crippen LogP contribution in [0, 0.1) is 0 Å². The minimum absolute atomic E-state index is 0.113. The molecule has 1 fully saturated rings. The first-order valence-electron chi connectivity index (χ1n) is 7.66. The smallest absolute Gasteiger partial charge is 0.138 e. The van der Waals surface area contributed by atoms with Crippen LogP contribution in [0.4, 0.5) is 0 Å². The normalized spacial score (nSPS) is 19.5. The van der Waals surface area contributed by atoms with E-state index in [0.29, 0.717) is 19.8 Å². The zero-order valence-electron chi connectivity index (χ0n) is 13.2. The monoisotopic (exact) mass is 294 g/mol. The van der Waals surface area contributed by atoms with Gasteiger partial charge >= 0.3 is 0 Å². The Hall–Kier alpha value is -1.17. The highest BCUT2D eigenvalue weighted by atomic mass is 16.5. The van der Waals surface area contributed by atoms with Gasteiger partial charge in [0.1, 0.15) is 5.75 Å². The molecule has 1 aliphatic heterocycles. The van der Waals surface area contributed by atoms with Crippen LogP contribution in [-0.4, -0.2) is 36.5 Å². The third-order valence-electron chi connectivity index (χ3n) is 3.80. The molecule has 5 heteroatoms. The van der Waals surface area contributed by atoms with Crippen molar-refractivity contribution in [3.8, 4) is 5.75 Å². The molecule has 21 heavy (non-hydrogen) atoms. The number of ether oxygens (including phenoxy) is 3. The SMILES string of the molecule is CCOC1(C(N)c2cncc(OC(C)C)c2)CCOCC1. The fraction of sp³-hybridized carbons (Fsp3) is 0.688.